The highest BCUT2D eigenvalue weighted by Crippen LogP contribution is 2.17. The Morgan fingerprint density at radius 1 is 1.36 bits per heavy atom. The predicted octanol–water partition coefficient (Wildman–Crippen LogP) is 3.15. The molecule has 2 aromatic rings. The largest absolute Gasteiger partial charge is 0.346 e. The molecule has 0 spiro atoms. The highest BCUT2D eigenvalue weighted by atomic mass is 19.1. The highest BCUT2D eigenvalue weighted by Gasteiger charge is 2.13. The smallest absolute Gasteiger partial charge is 0.244 e. The summed E-state index contributed by atoms with van der Waals surface area (Å²) in [5.74, 6) is -0.473. The van der Waals surface area contributed by atoms with E-state index in [-0.39, 0.29) is 17.8 Å². The van der Waals surface area contributed by atoms with Crippen LogP contribution in [0, 0.1) is 12.7 Å². The van der Waals surface area contributed by atoms with Crippen LogP contribution in [-0.4, -0.2) is 15.7 Å². The van der Waals surface area contributed by atoms with Crippen molar-refractivity contribution in [2.45, 2.75) is 26.8 Å². The zero-order chi connectivity index (χ0) is 16.3. The van der Waals surface area contributed by atoms with Crippen LogP contribution in [0.5, 0.6) is 0 Å². The van der Waals surface area contributed by atoms with Gasteiger partial charge in [0, 0.05) is 24.4 Å². The van der Waals surface area contributed by atoms with Crippen LogP contribution in [0.15, 0.2) is 36.5 Å². The maximum atomic E-state index is 12.9. The van der Waals surface area contributed by atoms with Crippen molar-refractivity contribution >= 4 is 11.5 Å². The normalized spacial score (nSPS) is 13.0. The molecule has 22 heavy (non-hydrogen) atoms. The maximum Gasteiger partial charge on any atom is 0.244 e. The van der Waals surface area contributed by atoms with E-state index in [0.717, 1.165) is 22.4 Å². The van der Waals surface area contributed by atoms with E-state index in [1.165, 1.54) is 18.2 Å². The Hall–Kier alpha value is -2.43. The third-order valence-electron chi connectivity index (χ3n) is 3.75. The van der Waals surface area contributed by atoms with Gasteiger partial charge in [-0.3, -0.25) is 9.48 Å². The molecule has 116 valence electrons. The van der Waals surface area contributed by atoms with Gasteiger partial charge in [-0.25, -0.2) is 4.39 Å². The van der Waals surface area contributed by atoms with E-state index in [1.54, 1.807) is 23.0 Å². The third kappa shape index (κ3) is 3.61. The number of carbonyl (C=O) groups excluding carboxylic acids is 1. The van der Waals surface area contributed by atoms with E-state index < -0.39 is 0 Å². The lowest BCUT2D eigenvalue weighted by molar-refractivity contribution is -0.117. The van der Waals surface area contributed by atoms with Gasteiger partial charge >= 0.3 is 0 Å². The lowest BCUT2D eigenvalue weighted by Gasteiger charge is -2.12. The first-order valence-corrected chi connectivity index (χ1v) is 7.11. The zero-order valence-electron chi connectivity index (χ0n) is 13.2. The summed E-state index contributed by atoms with van der Waals surface area (Å²) in [7, 11) is 1.87. The number of nitrogens with one attached hydrogen (secondary N) is 1. The zero-order valence-corrected chi connectivity index (χ0v) is 13.2. The Labute approximate surface area is 129 Å². The highest BCUT2D eigenvalue weighted by molar-refractivity contribution is 5.95. The Bertz CT molecular complexity index is 701. The van der Waals surface area contributed by atoms with Crippen LogP contribution >= 0.6 is 0 Å². The maximum absolute atomic E-state index is 12.9. The molecule has 1 aromatic carbocycles. The van der Waals surface area contributed by atoms with Crippen molar-refractivity contribution < 1.29 is 9.18 Å². The molecule has 0 aliphatic carbocycles. The summed E-state index contributed by atoms with van der Waals surface area (Å²) < 4.78 is 14.7. The monoisotopic (exact) mass is 301 g/mol. The van der Waals surface area contributed by atoms with Gasteiger partial charge in [-0.05, 0) is 44.0 Å². The summed E-state index contributed by atoms with van der Waals surface area (Å²) in [6.07, 6.45) is 3.28. The average Bonchev–Trinajstić information content (AvgIpc) is 2.79. The molecular weight excluding hydrogens is 281 g/mol. The molecule has 0 aliphatic rings. The van der Waals surface area contributed by atoms with Crippen LogP contribution in [0.1, 0.15) is 36.7 Å². The molecule has 0 radical (unpaired) electrons. The fourth-order valence-electron chi connectivity index (χ4n) is 2.27. The number of nitrogens with zero attached hydrogens (tertiary/aromatic N) is 2. The predicted molar refractivity (Wildman–Crippen MR) is 84.6 cm³/mol. The summed E-state index contributed by atoms with van der Waals surface area (Å²) in [4.78, 5) is 12.1. The fourth-order valence-corrected chi connectivity index (χ4v) is 2.27. The summed E-state index contributed by atoms with van der Waals surface area (Å²) in [5, 5.41) is 7.10. The van der Waals surface area contributed by atoms with E-state index in [2.05, 4.69) is 10.4 Å². The van der Waals surface area contributed by atoms with Gasteiger partial charge in [0.1, 0.15) is 5.82 Å². The summed E-state index contributed by atoms with van der Waals surface area (Å²) >= 11 is 0. The number of rotatable bonds is 4. The van der Waals surface area contributed by atoms with Crippen molar-refractivity contribution in [3.8, 4) is 0 Å². The van der Waals surface area contributed by atoms with Crippen molar-refractivity contribution in [2.24, 2.45) is 7.05 Å². The molecule has 1 N–H and O–H groups in total. The van der Waals surface area contributed by atoms with Gasteiger partial charge in [0.15, 0.2) is 0 Å². The molecule has 0 saturated heterocycles. The summed E-state index contributed by atoms with van der Waals surface area (Å²) in [5.41, 5.74) is 3.62. The molecule has 1 heterocycles. The quantitative estimate of drug-likeness (QED) is 0.882. The Morgan fingerprint density at radius 2 is 2.00 bits per heavy atom. The van der Waals surface area contributed by atoms with Gasteiger partial charge in [0.2, 0.25) is 5.91 Å². The van der Waals surface area contributed by atoms with Crippen LogP contribution in [0.25, 0.3) is 5.57 Å². The van der Waals surface area contributed by atoms with Gasteiger partial charge < -0.3 is 5.32 Å². The molecule has 1 atom stereocenters. The minimum atomic E-state index is -0.290. The minimum absolute atomic E-state index is 0.126. The lowest BCUT2D eigenvalue weighted by atomic mass is 10.1. The van der Waals surface area contributed by atoms with Gasteiger partial charge in [0.05, 0.1) is 12.2 Å². The third-order valence-corrected chi connectivity index (χ3v) is 3.75. The van der Waals surface area contributed by atoms with E-state index >= 15 is 0 Å². The molecule has 0 aliphatic heterocycles. The van der Waals surface area contributed by atoms with Crippen molar-refractivity contribution in [2.75, 3.05) is 0 Å². The summed E-state index contributed by atoms with van der Waals surface area (Å²) in [6.45, 7) is 5.71. The van der Waals surface area contributed by atoms with Gasteiger partial charge in [-0.1, -0.05) is 12.1 Å². The topological polar surface area (TPSA) is 46.9 Å². The standard InChI is InChI=1S/C17H20FN3O/c1-11(14-5-7-15(18)8-6-14)9-17(22)20-12(2)16-10-19-21(4)13(16)3/h5-10,12H,1-4H3,(H,20,22)/b11-9+. The molecule has 1 aromatic heterocycles. The second kappa shape index (κ2) is 6.56. The van der Waals surface area contributed by atoms with E-state index in [4.69, 9.17) is 0 Å². The number of halogens is 1. The van der Waals surface area contributed by atoms with Crippen molar-refractivity contribution in [3.05, 3.63) is 59.2 Å². The number of hydrogen-bond donors (Lipinski definition) is 1. The van der Waals surface area contributed by atoms with Gasteiger partial charge in [0.25, 0.3) is 0 Å². The number of aryl methyl sites for hydroxylation is 1. The molecule has 5 heteroatoms. The van der Waals surface area contributed by atoms with Gasteiger partial charge in [-0.15, -0.1) is 0 Å². The Kier molecular flexibility index (Phi) is 4.75. The first kappa shape index (κ1) is 15.9. The van der Waals surface area contributed by atoms with Crippen LogP contribution in [0.4, 0.5) is 4.39 Å². The molecule has 0 fully saturated rings. The molecule has 1 unspecified atom stereocenters. The fraction of sp³-hybridized carbons (Fsp3) is 0.294. The van der Waals surface area contributed by atoms with Crippen molar-refractivity contribution in [1.29, 1.82) is 0 Å². The minimum Gasteiger partial charge on any atom is -0.346 e. The van der Waals surface area contributed by atoms with E-state index in [9.17, 15) is 9.18 Å². The number of allylic oxidation sites excluding steroid dienone is 1. The van der Waals surface area contributed by atoms with Crippen molar-refractivity contribution in [3.63, 3.8) is 0 Å². The number of hydrogen-bond acceptors (Lipinski definition) is 2. The summed E-state index contributed by atoms with van der Waals surface area (Å²) in [6, 6.07) is 5.95. The van der Waals surface area contributed by atoms with E-state index in [0.29, 0.717) is 0 Å². The van der Waals surface area contributed by atoms with Crippen LogP contribution in [0.3, 0.4) is 0 Å². The Morgan fingerprint density at radius 3 is 2.55 bits per heavy atom. The first-order chi connectivity index (χ1) is 10.4. The second-order valence-electron chi connectivity index (χ2n) is 5.37. The molecule has 0 saturated carbocycles. The molecule has 2 rings (SSSR count). The SMILES string of the molecule is C/C(=C\C(=O)NC(C)c1cnn(C)c1C)c1ccc(F)cc1. The number of aromatic nitrogens is 2. The van der Waals surface area contributed by atoms with Crippen LogP contribution < -0.4 is 5.32 Å². The van der Waals surface area contributed by atoms with Crippen LogP contribution in [-0.2, 0) is 11.8 Å². The number of amides is 1. The average molecular weight is 301 g/mol. The second-order valence-corrected chi connectivity index (χ2v) is 5.37. The Balaban J connectivity index is 2.07. The van der Waals surface area contributed by atoms with Gasteiger partial charge in [-0.2, -0.15) is 5.10 Å². The number of benzene rings is 1. The first-order valence-electron chi connectivity index (χ1n) is 7.11. The van der Waals surface area contributed by atoms with E-state index in [1.807, 2.05) is 27.8 Å². The molecular formula is C17H20FN3O. The van der Waals surface area contributed by atoms with Crippen LogP contribution in [0.2, 0.25) is 0 Å². The molecule has 1 amide bonds. The lowest BCUT2D eigenvalue weighted by Crippen LogP contribution is -2.25. The molecule has 4 nitrogen and oxygen atoms in total. The number of carbonyl (C=O) groups is 1. The van der Waals surface area contributed by atoms with Crippen molar-refractivity contribution in [1.82, 2.24) is 15.1 Å². The molecule has 0 bridgehead atoms.